The van der Waals surface area contributed by atoms with Crippen LogP contribution in [-0.2, 0) is 17.6 Å². The van der Waals surface area contributed by atoms with E-state index < -0.39 is 5.91 Å². The molecule has 1 aliphatic carbocycles. The van der Waals surface area contributed by atoms with Crippen molar-refractivity contribution in [3.63, 3.8) is 0 Å². The van der Waals surface area contributed by atoms with Gasteiger partial charge in [0.2, 0.25) is 0 Å². The number of hydrogen-bond donors (Lipinski definition) is 2. The first-order valence-corrected chi connectivity index (χ1v) is 9.82. The van der Waals surface area contributed by atoms with Crippen LogP contribution in [0.1, 0.15) is 51.9 Å². The molecular weight excluding hydrogens is 362 g/mol. The number of hydrogen-bond acceptors (Lipinski definition) is 5. The summed E-state index contributed by atoms with van der Waals surface area (Å²) in [6.45, 7) is 1.66. The smallest absolute Gasteiger partial charge is 0.281 e. The van der Waals surface area contributed by atoms with Crippen LogP contribution in [0.5, 0.6) is 5.75 Å². The summed E-state index contributed by atoms with van der Waals surface area (Å²) in [7, 11) is 0. The number of thiophene rings is 1. The first-order valence-electron chi connectivity index (χ1n) is 9.00. The molecule has 0 bridgehead atoms. The van der Waals surface area contributed by atoms with Gasteiger partial charge >= 0.3 is 0 Å². The number of benzene rings is 1. The minimum absolute atomic E-state index is 0.159. The molecule has 6 nitrogen and oxygen atoms in total. The minimum atomic E-state index is -0.523. The Morgan fingerprint density at radius 2 is 1.93 bits per heavy atom. The van der Waals surface area contributed by atoms with Gasteiger partial charge in [-0.25, -0.2) is 5.43 Å². The van der Waals surface area contributed by atoms with E-state index in [1.807, 2.05) is 25.1 Å². The summed E-state index contributed by atoms with van der Waals surface area (Å²) in [5, 5.41) is 4.21. The van der Waals surface area contributed by atoms with Crippen LogP contribution in [0.2, 0.25) is 0 Å². The number of fused-ring (bicyclic) bond motifs is 1. The van der Waals surface area contributed by atoms with E-state index in [-0.39, 0.29) is 12.5 Å². The molecule has 0 unspecified atom stereocenters. The molecule has 27 heavy (non-hydrogen) atoms. The molecule has 1 aliphatic rings. The predicted octanol–water partition coefficient (Wildman–Crippen LogP) is 3.04. The molecule has 1 heterocycles. The molecule has 0 spiro atoms. The average Bonchev–Trinajstić information content (AvgIpc) is 2.95. The van der Waals surface area contributed by atoms with E-state index in [1.165, 1.54) is 29.7 Å². The topological polar surface area (TPSA) is 93.8 Å². The molecule has 1 aromatic carbocycles. The zero-order valence-corrected chi connectivity index (χ0v) is 16.1. The Labute approximate surface area is 162 Å². The molecule has 1 aromatic heterocycles. The third kappa shape index (κ3) is 5.17. The number of ether oxygens (including phenoxy) is 1. The van der Waals surface area contributed by atoms with E-state index in [1.54, 1.807) is 23.5 Å². The Morgan fingerprint density at radius 3 is 2.67 bits per heavy atom. The van der Waals surface area contributed by atoms with E-state index >= 15 is 0 Å². The highest BCUT2D eigenvalue weighted by Gasteiger charge is 2.16. The zero-order valence-electron chi connectivity index (χ0n) is 15.3. The third-order valence-electron chi connectivity index (χ3n) is 4.45. The molecule has 0 saturated carbocycles. The Bertz CT molecular complexity index is 832. The standard InChI is InChI=1S/C20H23N3O3S/c1-13(14-7-9-16(10-8-14)26-12-19(21)24)22-23-20(25)18-11-15-5-3-2-4-6-17(15)27-18/h7-11H,2-6,12H2,1H3,(H2,21,24)(H,23,25). The molecule has 3 rings (SSSR count). The second-order valence-electron chi connectivity index (χ2n) is 6.54. The van der Waals surface area contributed by atoms with Crippen LogP contribution >= 0.6 is 11.3 Å². The first-order chi connectivity index (χ1) is 13.0. The quantitative estimate of drug-likeness (QED) is 0.455. The number of aryl methyl sites for hydroxylation is 2. The Balaban J connectivity index is 1.61. The minimum Gasteiger partial charge on any atom is -0.484 e. The Morgan fingerprint density at radius 1 is 1.19 bits per heavy atom. The fourth-order valence-corrected chi connectivity index (χ4v) is 4.12. The van der Waals surface area contributed by atoms with Crippen molar-refractivity contribution in [2.24, 2.45) is 10.8 Å². The van der Waals surface area contributed by atoms with Crippen LogP contribution in [0.3, 0.4) is 0 Å². The molecule has 0 saturated heterocycles. The highest BCUT2D eigenvalue weighted by atomic mass is 32.1. The zero-order chi connectivity index (χ0) is 19.2. The van der Waals surface area contributed by atoms with E-state index in [4.69, 9.17) is 10.5 Å². The first kappa shape index (κ1) is 19.1. The highest BCUT2D eigenvalue weighted by molar-refractivity contribution is 7.14. The van der Waals surface area contributed by atoms with Gasteiger partial charge in [0.1, 0.15) is 5.75 Å². The van der Waals surface area contributed by atoms with Crippen molar-refractivity contribution < 1.29 is 14.3 Å². The lowest BCUT2D eigenvalue weighted by molar-refractivity contribution is -0.119. The van der Waals surface area contributed by atoms with Crippen LogP contribution in [0.4, 0.5) is 0 Å². The van der Waals surface area contributed by atoms with Crippen molar-refractivity contribution >= 4 is 28.9 Å². The van der Waals surface area contributed by atoms with Crippen molar-refractivity contribution in [1.29, 1.82) is 0 Å². The Kier molecular flexibility index (Phi) is 6.24. The van der Waals surface area contributed by atoms with Gasteiger partial charge < -0.3 is 10.5 Å². The largest absolute Gasteiger partial charge is 0.484 e. The monoisotopic (exact) mass is 385 g/mol. The summed E-state index contributed by atoms with van der Waals surface area (Å²) in [5.74, 6) is -0.145. The molecule has 2 aromatic rings. The molecule has 7 heteroatoms. The second-order valence-corrected chi connectivity index (χ2v) is 7.67. The summed E-state index contributed by atoms with van der Waals surface area (Å²) < 4.78 is 5.22. The lowest BCUT2D eigenvalue weighted by atomic mass is 10.1. The summed E-state index contributed by atoms with van der Waals surface area (Å²) in [5.41, 5.74) is 10.5. The summed E-state index contributed by atoms with van der Waals surface area (Å²) >= 11 is 1.58. The number of nitrogens with two attached hydrogens (primary N) is 1. The molecule has 0 fully saturated rings. The van der Waals surface area contributed by atoms with Gasteiger partial charge in [0.05, 0.1) is 10.6 Å². The maximum absolute atomic E-state index is 12.4. The van der Waals surface area contributed by atoms with Crippen molar-refractivity contribution in [3.8, 4) is 5.75 Å². The number of hydrazone groups is 1. The number of carbonyl (C=O) groups excluding carboxylic acids is 2. The van der Waals surface area contributed by atoms with Crippen LogP contribution in [0.15, 0.2) is 35.4 Å². The predicted molar refractivity (Wildman–Crippen MR) is 106 cm³/mol. The second kappa shape index (κ2) is 8.81. The summed E-state index contributed by atoms with van der Waals surface area (Å²) in [6.07, 6.45) is 5.79. The van der Waals surface area contributed by atoms with E-state index in [0.717, 1.165) is 18.4 Å². The number of rotatable bonds is 6. The molecule has 0 atom stereocenters. The van der Waals surface area contributed by atoms with Crippen LogP contribution in [0.25, 0.3) is 0 Å². The fraction of sp³-hybridized carbons (Fsp3) is 0.350. The normalized spacial score (nSPS) is 14.2. The molecule has 0 radical (unpaired) electrons. The van der Waals surface area contributed by atoms with Crippen molar-refractivity contribution in [2.45, 2.75) is 39.0 Å². The van der Waals surface area contributed by atoms with Gasteiger partial charge in [0, 0.05) is 4.88 Å². The number of nitrogens with one attached hydrogen (secondary N) is 1. The van der Waals surface area contributed by atoms with Gasteiger partial charge in [-0.05, 0) is 74.1 Å². The van der Waals surface area contributed by atoms with E-state index in [9.17, 15) is 9.59 Å². The number of amides is 2. The molecule has 3 N–H and O–H groups in total. The molecular formula is C20H23N3O3S. The van der Waals surface area contributed by atoms with Gasteiger partial charge in [0.15, 0.2) is 6.61 Å². The maximum atomic E-state index is 12.4. The maximum Gasteiger partial charge on any atom is 0.281 e. The third-order valence-corrected chi connectivity index (χ3v) is 5.68. The van der Waals surface area contributed by atoms with Gasteiger partial charge in [0.25, 0.3) is 11.8 Å². The average molecular weight is 385 g/mol. The van der Waals surface area contributed by atoms with Crippen LogP contribution < -0.4 is 15.9 Å². The SMILES string of the molecule is CC(=NNC(=O)c1cc2c(s1)CCCCC2)c1ccc(OCC(N)=O)cc1. The summed E-state index contributed by atoms with van der Waals surface area (Å²) in [4.78, 5) is 25.2. The molecule has 142 valence electrons. The van der Waals surface area contributed by atoms with Gasteiger partial charge in [-0.2, -0.15) is 5.10 Å². The number of primary amides is 1. The van der Waals surface area contributed by atoms with E-state index in [2.05, 4.69) is 10.5 Å². The number of carbonyl (C=O) groups is 2. The van der Waals surface area contributed by atoms with E-state index in [0.29, 0.717) is 16.3 Å². The Hall–Kier alpha value is -2.67. The van der Waals surface area contributed by atoms with Crippen LogP contribution in [-0.4, -0.2) is 24.1 Å². The lowest BCUT2D eigenvalue weighted by Crippen LogP contribution is -2.20. The number of nitrogens with zero attached hydrogens (tertiary/aromatic N) is 1. The van der Waals surface area contributed by atoms with Gasteiger partial charge in [-0.15, -0.1) is 11.3 Å². The van der Waals surface area contributed by atoms with Crippen molar-refractivity contribution in [3.05, 3.63) is 51.2 Å². The van der Waals surface area contributed by atoms with Gasteiger partial charge in [-0.3, -0.25) is 9.59 Å². The van der Waals surface area contributed by atoms with Crippen LogP contribution in [0, 0.1) is 0 Å². The molecule has 2 amide bonds. The lowest BCUT2D eigenvalue weighted by Gasteiger charge is -2.05. The summed E-state index contributed by atoms with van der Waals surface area (Å²) in [6, 6.07) is 9.10. The fourth-order valence-electron chi connectivity index (χ4n) is 2.98. The molecule has 0 aliphatic heterocycles. The van der Waals surface area contributed by atoms with Crippen molar-refractivity contribution in [1.82, 2.24) is 5.43 Å². The van der Waals surface area contributed by atoms with Gasteiger partial charge in [-0.1, -0.05) is 6.42 Å². The van der Waals surface area contributed by atoms with Crippen molar-refractivity contribution in [2.75, 3.05) is 6.61 Å². The highest BCUT2D eigenvalue weighted by Crippen LogP contribution is 2.28.